The Morgan fingerprint density at radius 1 is 1.50 bits per heavy atom. The Morgan fingerprint density at radius 2 is 2.11 bits per heavy atom. The molecule has 0 amide bonds. The molecule has 5 nitrogen and oxygen atoms in total. The molecule has 0 aliphatic carbocycles. The monoisotopic (exact) mass is 318 g/mol. The fraction of sp³-hybridized carbons (Fsp3) is 0.571. The van der Waals surface area contributed by atoms with Crippen LogP contribution >= 0.6 is 34.9 Å². The van der Waals surface area contributed by atoms with Gasteiger partial charge >= 0.3 is 6.18 Å². The Labute approximate surface area is 113 Å². The van der Waals surface area contributed by atoms with Crippen LogP contribution in [0, 0.1) is 5.92 Å². The molecule has 1 rings (SSSR count). The summed E-state index contributed by atoms with van der Waals surface area (Å²) in [5.41, 5.74) is 5.03. The van der Waals surface area contributed by atoms with Crippen molar-refractivity contribution in [1.29, 1.82) is 0 Å². The fourth-order valence-electron chi connectivity index (χ4n) is 0.910. The summed E-state index contributed by atoms with van der Waals surface area (Å²) in [7, 11) is 0. The van der Waals surface area contributed by atoms with E-state index in [1.807, 2.05) is 0 Å². The Kier molecular flexibility index (Phi) is 5.53. The van der Waals surface area contributed by atoms with E-state index >= 15 is 0 Å². The first-order valence-electron chi connectivity index (χ1n) is 4.43. The maximum atomic E-state index is 12.6. The van der Waals surface area contributed by atoms with Gasteiger partial charge in [0.1, 0.15) is 5.92 Å². The second-order valence-electron chi connectivity index (χ2n) is 2.97. The molecule has 0 bridgehead atoms. The average Bonchev–Trinajstić information content (AvgIpc) is 2.75. The van der Waals surface area contributed by atoms with E-state index in [-0.39, 0.29) is 0 Å². The number of alkyl halides is 3. The van der Waals surface area contributed by atoms with Gasteiger partial charge in [0, 0.05) is 5.75 Å². The van der Waals surface area contributed by atoms with Crippen LogP contribution in [0.5, 0.6) is 0 Å². The lowest BCUT2D eigenvalue weighted by Crippen LogP contribution is -2.37. The predicted molar refractivity (Wildman–Crippen MR) is 65.4 cm³/mol. The van der Waals surface area contributed by atoms with Crippen LogP contribution in [-0.4, -0.2) is 39.4 Å². The lowest BCUT2D eigenvalue weighted by Gasteiger charge is -2.17. The molecule has 0 radical (unpaired) electrons. The van der Waals surface area contributed by atoms with Crippen molar-refractivity contribution in [1.82, 2.24) is 10.2 Å². The maximum absolute atomic E-state index is 12.6. The number of aromatic nitrogens is 2. The molecule has 0 aliphatic rings. The Balaban J connectivity index is 2.68. The summed E-state index contributed by atoms with van der Waals surface area (Å²) >= 11 is 3.43. The van der Waals surface area contributed by atoms with E-state index in [4.69, 9.17) is 10.9 Å². The van der Waals surface area contributed by atoms with Gasteiger partial charge in [-0.3, -0.25) is 0 Å². The molecule has 102 valence electrons. The Bertz CT molecular complexity index is 422. The zero-order chi connectivity index (χ0) is 13.8. The second-order valence-corrected chi connectivity index (χ2v) is 6.27. The highest BCUT2D eigenvalue weighted by Crippen LogP contribution is 2.34. The summed E-state index contributed by atoms with van der Waals surface area (Å²) in [5.74, 6) is -3.26. The molecule has 0 spiro atoms. The van der Waals surface area contributed by atoms with Crippen molar-refractivity contribution in [2.24, 2.45) is 16.8 Å². The lowest BCUT2D eigenvalue weighted by atomic mass is 10.1. The normalized spacial score (nSPS) is 14.8. The third-order valence-electron chi connectivity index (χ3n) is 1.80. The molecular weight excluding hydrogens is 309 g/mol. The summed E-state index contributed by atoms with van der Waals surface area (Å²) in [4.78, 5) is 0. The van der Waals surface area contributed by atoms with Gasteiger partial charge in [-0.1, -0.05) is 40.0 Å². The predicted octanol–water partition coefficient (Wildman–Crippen LogP) is 2.28. The minimum absolute atomic E-state index is 0.400. The Hall–Kier alpha value is -0.680. The highest BCUT2D eigenvalue weighted by molar-refractivity contribution is 8.02. The maximum Gasteiger partial charge on any atom is 0.399 e. The van der Waals surface area contributed by atoms with Gasteiger partial charge in [0.2, 0.25) is 0 Å². The third-order valence-corrected chi connectivity index (χ3v) is 4.93. The van der Waals surface area contributed by atoms with Crippen molar-refractivity contribution < 1.29 is 18.4 Å². The van der Waals surface area contributed by atoms with Gasteiger partial charge in [-0.2, -0.15) is 13.2 Å². The van der Waals surface area contributed by atoms with E-state index in [1.54, 1.807) is 6.26 Å². The number of hydrogen-bond acceptors (Lipinski definition) is 7. The summed E-state index contributed by atoms with van der Waals surface area (Å²) in [5, 5.41) is 18.2. The van der Waals surface area contributed by atoms with Crippen LogP contribution in [0.15, 0.2) is 13.8 Å². The highest BCUT2D eigenvalue weighted by atomic mass is 32.2. The molecule has 1 unspecified atom stereocenters. The molecule has 1 atom stereocenters. The third kappa shape index (κ3) is 4.21. The number of thioether (sulfide) groups is 2. The minimum atomic E-state index is -4.56. The van der Waals surface area contributed by atoms with Crippen molar-refractivity contribution in [3.8, 4) is 0 Å². The van der Waals surface area contributed by atoms with Crippen LogP contribution in [0.4, 0.5) is 13.2 Å². The molecule has 0 saturated heterocycles. The highest BCUT2D eigenvalue weighted by Gasteiger charge is 2.42. The molecule has 0 saturated carbocycles. The molecular formula is C7H9F3N4OS3. The van der Waals surface area contributed by atoms with Crippen molar-refractivity contribution in [3.63, 3.8) is 0 Å². The molecule has 3 N–H and O–H groups in total. The summed E-state index contributed by atoms with van der Waals surface area (Å²) in [6, 6.07) is 0. The van der Waals surface area contributed by atoms with Crippen LogP contribution in [0.3, 0.4) is 0 Å². The van der Waals surface area contributed by atoms with E-state index in [2.05, 4.69) is 15.4 Å². The largest absolute Gasteiger partial charge is 0.409 e. The standard InChI is InChI=1S/C7H9F3N4OS3/c1-16-5-12-13-6(18-5)17-2-3(4(11)14-15)7(8,9)10/h3,15H,2H2,1H3,(H2,11,14). The lowest BCUT2D eigenvalue weighted by molar-refractivity contribution is -0.150. The van der Waals surface area contributed by atoms with Gasteiger partial charge in [-0.15, -0.1) is 10.2 Å². The quantitative estimate of drug-likeness (QED) is 0.285. The van der Waals surface area contributed by atoms with Crippen molar-refractivity contribution >= 4 is 40.7 Å². The van der Waals surface area contributed by atoms with Gasteiger partial charge in [-0.25, -0.2) is 0 Å². The minimum Gasteiger partial charge on any atom is -0.409 e. The fourth-order valence-corrected chi connectivity index (χ4v) is 3.52. The molecule has 0 aromatic carbocycles. The van der Waals surface area contributed by atoms with Crippen LogP contribution < -0.4 is 5.73 Å². The van der Waals surface area contributed by atoms with Gasteiger partial charge in [-0.05, 0) is 6.26 Å². The Morgan fingerprint density at radius 3 is 2.56 bits per heavy atom. The number of amidine groups is 1. The second kappa shape index (κ2) is 6.48. The van der Waals surface area contributed by atoms with Crippen molar-refractivity contribution in [2.75, 3.05) is 12.0 Å². The molecule has 1 aromatic rings. The van der Waals surface area contributed by atoms with Gasteiger partial charge in [0.25, 0.3) is 0 Å². The van der Waals surface area contributed by atoms with Crippen molar-refractivity contribution in [2.45, 2.75) is 14.9 Å². The smallest absolute Gasteiger partial charge is 0.399 e. The molecule has 0 fully saturated rings. The van der Waals surface area contributed by atoms with Crippen LogP contribution in [0.25, 0.3) is 0 Å². The number of oxime groups is 1. The number of hydrogen-bond donors (Lipinski definition) is 2. The van der Waals surface area contributed by atoms with Crippen LogP contribution in [-0.2, 0) is 0 Å². The summed E-state index contributed by atoms with van der Waals surface area (Å²) in [6.07, 6.45) is -2.76. The molecule has 1 heterocycles. The van der Waals surface area contributed by atoms with Gasteiger partial charge < -0.3 is 10.9 Å². The van der Waals surface area contributed by atoms with E-state index < -0.39 is 23.7 Å². The SMILES string of the molecule is CSc1nnc(SCC(C(N)=NO)C(F)(F)F)s1. The molecule has 18 heavy (non-hydrogen) atoms. The first kappa shape index (κ1) is 15.4. The average molecular weight is 318 g/mol. The summed E-state index contributed by atoms with van der Waals surface area (Å²) < 4.78 is 38.9. The number of halogens is 3. The first-order chi connectivity index (χ1) is 8.38. The van der Waals surface area contributed by atoms with E-state index in [0.29, 0.717) is 8.68 Å². The van der Waals surface area contributed by atoms with Crippen LogP contribution in [0.2, 0.25) is 0 Å². The molecule has 1 aromatic heterocycles. The number of rotatable bonds is 5. The first-order valence-corrected chi connectivity index (χ1v) is 7.45. The summed E-state index contributed by atoms with van der Waals surface area (Å²) in [6.45, 7) is 0. The van der Waals surface area contributed by atoms with E-state index in [9.17, 15) is 13.2 Å². The van der Waals surface area contributed by atoms with Crippen LogP contribution in [0.1, 0.15) is 0 Å². The number of nitrogens with zero attached hydrogens (tertiary/aromatic N) is 3. The van der Waals surface area contributed by atoms with E-state index in [0.717, 1.165) is 11.8 Å². The zero-order valence-electron chi connectivity index (χ0n) is 9.01. The van der Waals surface area contributed by atoms with Gasteiger partial charge in [0.15, 0.2) is 14.5 Å². The zero-order valence-corrected chi connectivity index (χ0v) is 11.5. The molecule has 11 heteroatoms. The van der Waals surface area contributed by atoms with Crippen molar-refractivity contribution in [3.05, 3.63) is 0 Å². The number of nitrogens with two attached hydrogens (primary N) is 1. The van der Waals surface area contributed by atoms with E-state index in [1.165, 1.54) is 23.1 Å². The molecule has 0 aliphatic heterocycles. The topological polar surface area (TPSA) is 84.4 Å². The van der Waals surface area contributed by atoms with Gasteiger partial charge in [0.05, 0.1) is 0 Å².